The molecule has 1 unspecified atom stereocenters. The summed E-state index contributed by atoms with van der Waals surface area (Å²) in [4.78, 5) is 28.2. The Kier molecular flexibility index (Phi) is 8.90. The fourth-order valence-corrected chi connectivity index (χ4v) is 6.79. The zero-order valence-corrected chi connectivity index (χ0v) is 25.2. The predicted molar refractivity (Wildman–Crippen MR) is 162 cm³/mol. The molecule has 1 fully saturated rings. The van der Waals surface area contributed by atoms with Gasteiger partial charge in [-0.25, -0.2) is 0 Å². The molecule has 204 valence electrons. The molecule has 1 saturated heterocycles. The number of thioether (sulfide) groups is 1. The quantitative estimate of drug-likeness (QED) is 0.0650. The van der Waals surface area contributed by atoms with Crippen LogP contribution in [0.15, 0.2) is 87.2 Å². The van der Waals surface area contributed by atoms with Crippen LogP contribution in [0.2, 0.25) is 5.02 Å². The Hall–Kier alpha value is -3.18. The number of anilines is 1. The fraction of sp³-hybridized carbons (Fsp3) is 0.172. The number of amides is 1. The van der Waals surface area contributed by atoms with E-state index in [1.165, 1.54) is 28.0 Å². The third kappa shape index (κ3) is 5.95. The SMILES string of the molecule is CCCOc1ccc(/C(O)=C2/C(=O)C(=O)N(c3nnc(SCc4ccccc4Cl)s3)C2c2cccc(Br)c2)cc1. The monoisotopic (exact) mass is 655 g/mol. The Labute approximate surface area is 253 Å². The second kappa shape index (κ2) is 12.6. The molecule has 0 aliphatic carbocycles. The lowest BCUT2D eigenvalue weighted by molar-refractivity contribution is -0.132. The molecule has 1 aliphatic heterocycles. The highest BCUT2D eigenvalue weighted by atomic mass is 79.9. The van der Waals surface area contributed by atoms with E-state index in [4.69, 9.17) is 16.3 Å². The summed E-state index contributed by atoms with van der Waals surface area (Å²) in [7, 11) is 0. The van der Waals surface area contributed by atoms with Crippen molar-refractivity contribution in [2.75, 3.05) is 11.5 Å². The predicted octanol–water partition coefficient (Wildman–Crippen LogP) is 7.66. The van der Waals surface area contributed by atoms with Crippen LogP contribution in [-0.2, 0) is 15.3 Å². The molecule has 5 rings (SSSR count). The van der Waals surface area contributed by atoms with Crippen molar-refractivity contribution < 1.29 is 19.4 Å². The summed E-state index contributed by atoms with van der Waals surface area (Å²) in [5.41, 5.74) is 1.96. The third-order valence-corrected chi connectivity index (χ3v) is 9.09. The van der Waals surface area contributed by atoms with Gasteiger partial charge in [0.2, 0.25) is 5.13 Å². The summed E-state index contributed by atoms with van der Waals surface area (Å²) >= 11 is 12.4. The van der Waals surface area contributed by atoms with E-state index < -0.39 is 17.7 Å². The maximum Gasteiger partial charge on any atom is 0.301 e. The number of halogens is 2. The largest absolute Gasteiger partial charge is 0.507 e. The van der Waals surface area contributed by atoms with Crippen molar-refractivity contribution in [1.82, 2.24) is 10.2 Å². The Morgan fingerprint density at radius 3 is 2.60 bits per heavy atom. The summed E-state index contributed by atoms with van der Waals surface area (Å²) in [6.07, 6.45) is 0.865. The van der Waals surface area contributed by atoms with Crippen molar-refractivity contribution >= 4 is 73.2 Å². The third-order valence-electron chi connectivity index (χ3n) is 6.12. The summed E-state index contributed by atoms with van der Waals surface area (Å²) in [5, 5.41) is 20.8. The molecule has 1 atom stereocenters. The molecule has 4 aromatic rings. The van der Waals surface area contributed by atoms with Crippen LogP contribution in [0.4, 0.5) is 5.13 Å². The fourth-order valence-electron chi connectivity index (χ4n) is 4.22. The number of benzene rings is 3. The van der Waals surface area contributed by atoms with E-state index in [1.54, 1.807) is 30.3 Å². The van der Waals surface area contributed by atoms with Crippen molar-refractivity contribution in [2.24, 2.45) is 0 Å². The van der Waals surface area contributed by atoms with E-state index in [-0.39, 0.29) is 16.5 Å². The van der Waals surface area contributed by atoms with E-state index in [9.17, 15) is 14.7 Å². The summed E-state index contributed by atoms with van der Waals surface area (Å²) in [5.74, 6) is -0.633. The van der Waals surface area contributed by atoms with Gasteiger partial charge in [-0.15, -0.1) is 10.2 Å². The smallest absolute Gasteiger partial charge is 0.301 e. The Morgan fingerprint density at radius 1 is 1.10 bits per heavy atom. The minimum Gasteiger partial charge on any atom is -0.507 e. The molecule has 3 aromatic carbocycles. The summed E-state index contributed by atoms with van der Waals surface area (Å²) in [6.45, 7) is 2.58. The van der Waals surface area contributed by atoms with Gasteiger partial charge in [-0.3, -0.25) is 14.5 Å². The normalized spacial score (nSPS) is 16.5. The molecule has 0 radical (unpaired) electrons. The molecule has 1 aromatic heterocycles. The van der Waals surface area contributed by atoms with Crippen LogP contribution in [-0.4, -0.2) is 33.6 Å². The van der Waals surface area contributed by atoms with Crippen LogP contribution in [0.3, 0.4) is 0 Å². The number of carbonyl (C=O) groups excluding carboxylic acids is 2. The van der Waals surface area contributed by atoms with Gasteiger partial charge in [0.05, 0.1) is 18.2 Å². The van der Waals surface area contributed by atoms with E-state index in [1.807, 2.05) is 49.4 Å². The van der Waals surface area contributed by atoms with Crippen molar-refractivity contribution in [3.8, 4) is 5.75 Å². The number of aromatic nitrogens is 2. The van der Waals surface area contributed by atoms with Gasteiger partial charge >= 0.3 is 5.91 Å². The van der Waals surface area contributed by atoms with Crippen LogP contribution >= 0.6 is 50.6 Å². The number of rotatable bonds is 9. The minimum atomic E-state index is -0.900. The highest BCUT2D eigenvalue weighted by molar-refractivity contribution is 9.10. The molecule has 0 spiro atoms. The molecule has 1 N–H and O–H groups in total. The highest BCUT2D eigenvalue weighted by Gasteiger charge is 2.48. The summed E-state index contributed by atoms with van der Waals surface area (Å²) < 4.78 is 7.02. The maximum atomic E-state index is 13.4. The van der Waals surface area contributed by atoms with Gasteiger partial charge in [0.25, 0.3) is 5.78 Å². The zero-order chi connectivity index (χ0) is 28.2. The first-order chi connectivity index (χ1) is 19.4. The van der Waals surface area contributed by atoms with Crippen molar-refractivity contribution in [1.29, 1.82) is 0 Å². The number of nitrogens with zero attached hydrogens (tertiary/aromatic N) is 3. The van der Waals surface area contributed by atoms with Gasteiger partial charge in [-0.2, -0.15) is 0 Å². The van der Waals surface area contributed by atoms with Gasteiger partial charge in [0, 0.05) is 20.8 Å². The summed E-state index contributed by atoms with van der Waals surface area (Å²) in [6, 6.07) is 20.7. The molecule has 2 heterocycles. The molecule has 0 saturated carbocycles. The minimum absolute atomic E-state index is 0.0224. The molecule has 0 bridgehead atoms. The van der Waals surface area contributed by atoms with E-state index in [2.05, 4.69) is 26.1 Å². The number of Topliss-reactive ketones (excluding diaryl/α,β-unsaturated/α-hetero) is 1. The number of hydrogen-bond acceptors (Lipinski definition) is 8. The molecule has 1 amide bonds. The number of aliphatic hydroxyl groups excluding tert-OH is 1. The number of hydrogen-bond donors (Lipinski definition) is 1. The van der Waals surface area contributed by atoms with E-state index >= 15 is 0 Å². The second-order valence-electron chi connectivity index (χ2n) is 8.83. The average molecular weight is 657 g/mol. The van der Waals surface area contributed by atoms with Gasteiger partial charge < -0.3 is 9.84 Å². The first kappa shape index (κ1) is 28.4. The van der Waals surface area contributed by atoms with E-state index in [0.717, 1.165) is 16.5 Å². The van der Waals surface area contributed by atoms with Crippen LogP contribution in [0, 0.1) is 0 Å². The van der Waals surface area contributed by atoms with Crippen LogP contribution in [0.1, 0.15) is 36.1 Å². The zero-order valence-electron chi connectivity index (χ0n) is 21.2. The number of carbonyl (C=O) groups is 2. The van der Waals surface area contributed by atoms with Crippen LogP contribution in [0.25, 0.3) is 5.76 Å². The second-order valence-corrected chi connectivity index (χ2v) is 12.3. The highest BCUT2D eigenvalue weighted by Crippen LogP contribution is 2.44. The number of aliphatic hydroxyl groups is 1. The lowest BCUT2D eigenvalue weighted by atomic mass is 9.95. The Balaban J connectivity index is 1.51. The molecule has 40 heavy (non-hydrogen) atoms. The average Bonchev–Trinajstić information content (AvgIpc) is 3.53. The van der Waals surface area contributed by atoms with Crippen LogP contribution < -0.4 is 9.64 Å². The van der Waals surface area contributed by atoms with Gasteiger partial charge in [-0.1, -0.05) is 87.9 Å². The van der Waals surface area contributed by atoms with Crippen molar-refractivity contribution in [2.45, 2.75) is 29.5 Å². The molecule has 11 heteroatoms. The Bertz CT molecular complexity index is 1590. The van der Waals surface area contributed by atoms with Gasteiger partial charge in [-0.05, 0) is 60.0 Å². The standard InChI is InChI=1S/C29H23BrClN3O4S2/c1-2-14-38-21-12-10-17(11-13-21)25(35)23-24(18-7-5-8-20(30)15-18)34(27(37)26(23)36)28-32-33-29(40-28)39-16-19-6-3-4-9-22(19)31/h3-13,15,24,35H,2,14,16H2,1H3/b25-23-. The van der Waals surface area contributed by atoms with Crippen molar-refractivity contribution in [3.05, 3.63) is 105 Å². The molecule has 7 nitrogen and oxygen atoms in total. The van der Waals surface area contributed by atoms with Gasteiger partial charge in [0.15, 0.2) is 4.34 Å². The number of ether oxygens (including phenoxy) is 1. The molecular formula is C29H23BrClN3O4S2. The molecular weight excluding hydrogens is 634 g/mol. The Morgan fingerprint density at radius 2 is 1.88 bits per heavy atom. The topological polar surface area (TPSA) is 92.6 Å². The van der Waals surface area contributed by atoms with Crippen molar-refractivity contribution in [3.63, 3.8) is 0 Å². The first-order valence-electron chi connectivity index (χ1n) is 12.4. The van der Waals surface area contributed by atoms with E-state index in [0.29, 0.717) is 38.6 Å². The van der Waals surface area contributed by atoms with Gasteiger partial charge in [0.1, 0.15) is 11.5 Å². The van der Waals surface area contributed by atoms with Crippen LogP contribution in [0.5, 0.6) is 5.75 Å². The molecule has 1 aliphatic rings. The lowest BCUT2D eigenvalue weighted by Crippen LogP contribution is -2.29. The maximum absolute atomic E-state index is 13.4. The lowest BCUT2D eigenvalue weighted by Gasteiger charge is -2.22. The first-order valence-corrected chi connectivity index (χ1v) is 15.3. The number of ketones is 1.